The van der Waals surface area contributed by atoms with Crippen molar-refractivity contribution in [3.8, 4) is 0 Å². The topological polar surface area (TPSA) is 18.5 Å². The number of halogens is 3. The molecule has 4 unspecified atom stereocenters. The minimum atomic E-state index is -0.384. The quantitative estimate of drug-likeness (QED) is 0.454. The van der Waals surface area contributed by atoms with Crippen molar-refractivity contribution < 1.29 is 9.47 Å². The van der Waals surface area contributed by atoms with Gasteiger partial charge in [0.05, 0.1) is 0 Å². The Hall–Kier alpha value is 1.10. The number of rotatable bonds is 2. The van der Waals surface area contributed by atoms with Crippen LogP contribution >= 0.6 is 47.8 Å². The zero-order valence-electron chi connectivity index (χ0n) is 10.1. The van der Waals surface area contributed by atoms with E-state index >= 15 is 0 Å². The molecule has 0 spiro atoms. The minimum Gasteiger partial charge on any atom is -0.353 e. The van der Waals surface area contributed by atoms with Crippen molar-refractivity contribution in [1.82, 2.24) is 0 Å². The molecule has 0 radical (unpaired) electrons. The highest BCUT2D eigenvalue weighted by Gasteiger charge is 2.60. The van der Waals surface area contributed by atoms with Gasteiger partial charge in [-0.3, -0.25) is 0 Å². The van der Waals surface area contributed by atoms with Crippen molar-refractivity contribution in [2.45, 2.75) is 46.1 Å². The summed E-state index contributed by atoms with van der Waals surface area (Å²) in [5.41, 5.74) is -0.256. The molecule has 0 amide bonds. The van der Waals surface area contributed by atoms with E-state index in [0.717, 1.165) is 25.9 Å². The number of allylic oxidation sites excluding steroid dienone is 1. The summed E-state index contributed by atoms with van der Waals surface area (Å²) < 4.78 is 11.8. The highest BCUT2D eigenvalue weighted by atomic mass is 80.0. The molecular weight excluding hydrogens is 428 g/mol. The van der Waals surface area contributed by atoms with Gasteiger partial charge < -0.3 is 9.47 Å². The summed E-state index contributed by atoms with van der Waals surface area (Å²) in [7, 11) is 0. The predicted molar refractivity (Wildman–Crippen MR) is 82.3 cm³/mol. The molecule has 0 aromatic heterocycles. The van der Waals surface area contributed by atoms with Crippen molar-refractivity contribution in [2.24, 2.45) is 11.8 Å². The summed E-state index contributed by atoms with van der Waals surface area (Å²) in [6.45, 7) is 0.824. The molecule has 4 atom stereocenters. The summed E-state index contributed by atoms with van der Waals surface area (Å²) in [5, 5.41) is 0. The fourth-order valence-electron chi connectivity index (χ4n) is 3.38. The normalized spacial score (nSPS) is 43.6. The van der Waals surface area contributed by atoms with Crippen LogP contribution in [0.3, 0.4) is 0 Å². The van der Waals surface area contributed by atoms with E-state index in [1.807, 2.05) is 0 Å². The van der Waals surface area contributed by atoms with Gasteiger partial charge in [-0.2, -0.15) is 0 Å². The van der Waals surface area contributed by atoms with Crippen LogP contribution in [0.5, 0.6) is 0 Å². The second-order valence-electron chi connectivity index (χ2n) is 5.49. The molecule has 0 aromatic carbocycles. The minimum absolute atomic E-state index is 0.0569. The highest BCUT2D eigenvalue weighted by molar-refractivity contribution is 9.39. The van der Waals surface area contributed by atoms with E-state index in [-0.39, 0.29) is 14.0 Å². The van der Waals surface area contributed by atoms with E-state index in [9.17, 15) is 0 Å². The van der Waals surface area contributed by atoms with Crippen molar-refractivity contribution >= 4 is 47.8 Å². The van der Waals surface area contributed by atoms with E-state index in [1.54, 1.807) is 0 Å². The van der Waals surface area contributed by atoms with Crippen molar-refractivity contribution in [3.63, 3.8) is 0 Å². The third-order valence-corrected chi connectivity index (χ3v) is 6.31. The fraction of sp³-hybridized carbons (Fsp3) is 0.846. The second-order valence-corrected chi connectivity index (χ2v) is 12.3. The molecule has 1 saturated heterocycles. The summed E-state index contributed by atoms with van der Waals surface area (Å²) in [6.07, 6.45) is 10.2. The molecule has 0 N–H and O–H groups in total. The van der Waals surface area contributed by atoms with Crippen LogP contribution in [0.25, 0.3) is 0 Å². The van der Waals surface area contributed by atoms with Crippen LogP contribution in [-0.2, 0) is 9.47 Å². The number of alkyl halides is 3. The van der Waals surface area contributed by atoms with E-state index in [2.05, 4.69) is 59.9 Å². The Morgan fingerprint density at radius 2 is 2.06 bits per heavy atom. The third-order valence-electron chi connectivity index (χ3n) is 4.30. The third kappa shape index (κ3) is 2.39. The summed E-state index contributed by atoms with van der Waals surface area (Å²) in [4.78, 5) is 0. The van der Waals surface area contributed by atoms with Gasteiger partial charge in [-0.25, -0.2) is 0 Å². The Bertz CT molecular complexity index is 347. The maximum atomic E-state index is 6.42. The molecule has 1 aliphatic heterocycles. The first kappa shape index (κ1) is 14.1. The molecule has 18 heavy (non-hydrogen) atoms. The maximum absolute atomic E-state index is 6.42. The molecule has 2 fully saturated rings. The molecule has 3 rings (SSSR count). The predicted octanol–water partition coefficient (Wildman–Crippen LogP) is 4.70. The first-order valence-electron chi connectivity index (χ1n) is 6.56. The zero-order valence-corrected chi connectivity index (χ0v) is 14.8. The van der Waals surface area contributed by atoms with Crippen molar-refractivity contribution in [1.29, 1.82) is 0 Å². The SMILES string of the molecule is BrC(Br)(Br)C1(OC2CCCCO2)CC2C=CC1C2. The molecule has 1 saturated carbocycles. The fourth-order valence-corrected chi connectivity index (χ4v) is 5.03. The van der Waals surface area contributed by atoms with E-state index in [1.165, 1.54) is 12.8 Å². The monoisotopic (exact) mass is 442 g/mol. The van der Waals surface area contributed by atoms with E-state index < -0.39 is 0 Å². The van der Waals surface area contributed by atoms with Gasteiger partial charge in [-0.15, -0.1) is 0 Å². The standard InChI is InChI=1S/C13H17Br3O2/c14-13(15,16)12(8-9-4-5-10(12)7-9)18-11-3-1-2-6-17-11/h4-5,9-11H,1-3,6-8H2. The summed E-state index contributed by atoms with van der Waals surface area (Å²) in [6, 6.07) is 0. The Morgan fingerprint density at radius 3 is 2.56 bits per heavy atom. The van der Waals surface area contributed by atoms with Crippen LogP contribution in [0.4, 0.5) is 0 Å². The Kier molecular flexibility index (Phi) is 4.01. The van der Waals surface area contributed by atoms with Gasteiger partial charge in [-0.1, -0.05) is 59.9 Å². The van der Waals surface area contributed by atoms with Crippen molar-refractivity contribution in [2.75, 3.05) is 6.61 Å². The molecule has 102 valence electrons. The Labute approximate surface area is 133 Å². The molecular formula is C13H17Br3O2. The number of hydrogen-bond acceptors (Lipinski definition) is 2. The molecule has 2 bridgehead atoms. The first-order valence-corrected chi connectivity index (χ1v) is 8.94. The first-order chi connectivity index (χ1) is 8.51. The second kappa shape index (κ2) is 5.14. The van der Waals surface area contributed by atoms with Crippen molar-refractivity contribution in [3.05, 3.63) is 12.2 Å². The van der Waals surface area contributed by atoms with Crippen LogP contribution in [0.1, 0.15) is 32.1 Å². The molecule has 3 aliphatic rings. The van der Waals surface area contributed by atoms with Crippen LogP contribution < -0.4 is 0 Å². The average Bonchev–Trinajstić information content (AvgIpc) is 2.90. The van der Waals surface area contributed by atoms with Crippen LogP contribution in [0, 0.1) is 11.8 Å². The molecule has 2 nitrogen and oxygen atoms in total. The van der Waals surface area contributed by atoms with Gasteiger partial charge in [0, 0.05) is 12.5 Å². The molecule has 5 heteroatoms. The van der Waals surface area contributed by atoms with Gasteiger partial charge in [-0.05, 0) is 38.0 Å². The van der Waals surface area contributed by atoms with E-state index in [4.69, 9.17) is 9.47 Å². The number of fused-ring (bicyclic) bond motifs is 2. The van der Waals surface area contributed by atoms with Gasteiger partial charge in [0.1, 0.15) is 5.60 Å². The Morgan fingerprint density at radius 1 is 1.22 bits per heavy atom. The summed E-state index contributed by atoms with van der Waals surface area (Å²) >= 11 is 11.1. The number of hydrogen-bond donors (Lipinski definition) is 0. The maximum Gasteiger partial charge on any atom is 0.164 e. The van der Waals surface area contributed by atoms with Gasteiger partial charge in [0.25, 0.3) is 0 Å². The largest absolute Gasteiger partial charge is 0.353 e. The van der Waals surface area contributed by atoms with Crippen LogP contribution in [0.15, 0.2) is 12.2 Å². The van der Waals surface area contributed by atoms with E-state index in [0.29, 0.717) is 11.8 Å². The Balaban J connectivity index is 1.80. The lowest BCUT2D eigenvalue weighted by Crippen LogP contribution is -2.51. The highest BCUT2D eigenvalue weighted by Crippen LogP contribution is 2.61. The van der Waals surface area contributed by atoms with Crippen LogP contribution in [-0.4, -0.2) is 20.6 Å². The average molecular weight is 445 g/mol. The van der Waals surface area contributed by atoms with Gasteiger partial charge >= 0.3 is 0 Å². The van der Waals surface area contributed by atoms with Crippen LogP contribution in [0.2, 0.25) is 0 Å². The van der Waals surface area contributed by atoms with Gasteiger partial charge in [0.15, 0.2) is 8.43 Å². The molecule has 1 heterocycles. The molecule has 0 aromatic rings. The lowest BCUT2D eigenvalue weighted by Gasteiger charge is -2.44. The molecule has 2 aliphatic carbocycles. The smallest absolute Gasteiger partial charge is 0.164 e. The number of ether oxygens (including phenoxy) is 2. The zero-order chi connectivity index (χ0) is 12.8. The lowest BCUT2D eigenvalue weighted by atomic mass is 9.89. The van der Waals surface area contributed by atoms with Gasteiger partial charge in [0.2, 0.25) is 0 Å². The lowest BCUT2D eigenvalue weighted by molar-refractivity contribution is -0.228. The summed E-state index contributed by atoms with van der Waals surface area (Å²) in [5.74, 6) is 1.09.